The molecule has 1 heteroatoms. The van der Waals surface area contributed by atoms with Crippen LogP contribution in [0.3, 0.4) is 0 Å². The molecule has 0 amide bonds. The first-order valence-corrected chi connectivity index (χ1v) is 6.61. The smallest absolute Gasteiger partial charge is 0.00370 e. The fraction of sp³-hybridized carbons (Fsp3) is 0.538. The van der Waals surface area contributed by atoms with Crippen molar-refractivity contribution < 1.29 is 0 Å². The molecule has 0 fully saturated rings. The van der Waals surface area contributed by atoms with E-state index in [-0.39, 0.29) is 0 Å². The summed E-state index contributed by atoms with van der Waals surface area (Å²) in [5.41, 5.74) is 4.70. The molecule has 14 heavy (non-hydrogen) atoms. The van der Waals surface area contributed by atoms with E-state index in [1.54, 1.807) is 11.1 Å². The van der Waals surface area contributed by atoms with E-state index in [0.29, 0.717) is 5.92 Å². The summed E-state index contributed by atoms with van der Waals surface area (Å²) in [5.74, 6) is 0.695. The van der Waals surface area contributed by atoms with Crippen LogP contribution in [0.4, 0.5) is 0 Å². The summed E-state index contributed by atoms with van der Waals surface area (Å²) in [7, 11) is 0. The molecule has 0 saturated carbocycles. The van der Waals surface area contributed by atoms with Crippen LogP contribution in [-0.2, 0) is 12.8 Å². The van der Waals surface area contributed by atoms with E-state index in [1.165, 1.54) is 31.2 Å². The maximum absolute atomic E-state index is 3.51. The quantitative estimate of drug-likeness (QED) is 0.712. The molecule has 0 bridgehead atoms. The van der Waals surface area contributed by atoms with Gasteiger partial charge in [0.25, 0.3) is 0 Å². The standard InChI is InChI=1S/C13H17Br/c1-10(7-8-14)12-6-5-11-3-2-4-13(11)9-12/h5-6,9-10H,2-4,7-8H2,1H3. The maximum atomic E-state index is 3.51. The van der Waals surface area contributed by atoms with Gasteiger partial charge in [-0.1, -0.05) is 41.1 Å². The van der Waals surface area contributed by atoms with E-state index < -0.39 is 0 Å². The monoisotopic (exact) mass is 252 g/mol. The van der Waals surface area contributed by atoms with Gasteiger partial charge in [0.1, 0.15) is 0 Å². The molecule has 0 heterocycles. The van der Waals surface area contributed by atoms with Crippen molar-refractivity contribution in [3.8, 4) is 0 Å². The summed E-state index contributed by atoms with van der Waals surface area (Å²) in [6, 6.07) is 7.08. The Balaban J connectivity index is 2.19. The second-order valence-electron chi connectivity index (χ2n) is 4.26. The summed E-state index contributed by atoms with van der Waals surface area (Å²) in [6.07, 6.45) is 5.18. The molecule has 0 spiro atoms. The van der Waals surface area contributed by atoms with E-state index in [1.807, 2.05) is 0 Å². The second kappa shape index (κ2) is 4.48. The maximum Gasteiger partial charge on any atom is 0.00370 e. The predicted molar refractivity (Wildman–Crippen MR) is 65.3 cm³/mol. The number of alkyl halides is 1. The summed E-state index contributed by atoms with van der Waals surface area (Å²) in [5, 5.41) is 1.10. The average Bonchev–Trinajstić information content (AvgIpc) is 2.64. The highest BCUT2D eigenvalue weighted by molar-refractivity contribution is 9.09. The van der Waals surface area contributed by atoms with Gasteiger partial charge >= 0.3 is 0 Å². The number of fused-ring (bicyclic) bond motifs is 1. The number of benzene rings is 1. The summed E-state index contributed by atoms with van der Waals surface area (Å²) in [6.45, 7) is 2.32. The van der Waals surface area contributed by atoms with Crippen molar-refractivity contribution >= 4 is 15.9 Å². The van der Waals surface area contributed by atoms with Gasteiger partial charge in [0, 0.05) is 5.33 Å². The number of halogens is 1. The fourth-order valence-electron chi connectivity index (χ4n) is 2.23. The van der Waals surface area contributed by atoms with Crippen molar-refractivity contribution in [1.29, 1.82) is 0 Å². The van der Waals surface area contributed by atoms with E-state index in [4.69, 9.17) is 0 Å². The highest BCUT2D eigenvalue weighted by atomic mass is 79.9. The largest absolute Gasteiger partial charge is 0.0928 e. The Hall–Kier alpha value is -0.300. The Kier molecular flexibility index (Phi) is 3.27. The van der Waals surface area contributed by atoms with Gasteiger partial charge in [-0.3, -0.25) is 0 Å². The number of rotatable bonds is 3. The fourth-order valence-corrected chi connectivity index (χ4v) is 2.92. The molecule has 1 aliphatic rings. The van der Waals surface area contributed by atoms with Crippen LogP contribution in [0.5, 0.6) is 0 Å². The van der Waals surface area contributed by atoms with Crippen molar-refractivity contribution in [3.05, 3.63) is 34.9 Å². The highest BCUT2D eigenvalue weighted by Gasteiger charge is 2.12. The minimum Gasteiger partial charge on any atom is -0.0928 e. The number of hydrogen-bond acceptors (Lipinski definition) is 0. The Morgan fingerprint density at radius 1 is 1.29 bits per heavy atom. The first kappa shape index (κ1) is 10.2. The highest BCUT2D eigenvalue weighted by Crippen LogP contribution is 2.27. The molecule has 0 aromatic heterocycles. The van der Waals surface area contributed by atoms with Crippen LogP contribution in [0.15, 0.2) is 18.2 Å². The Morgan fingerprint density at radius 3 is 2.86 bits per heavy atom. The van der Waals surface area contributed by atoms with Crippen LogP contribution in [0.25, 0.3) is 0 Å². The lowest BCUT2D eigenvalue weighted by Gasteiger charge is -2.11. The molecule has 2 rings (SSSR count). The van der Waals surface area contributed by atoms with Gasteiger partial charge in [-0.2, -0.15) is 0 Å². The van der Waals surface area contributed by atoms with Gasteiger partial charge in [0.2, 0.25) is 0 Å². The summed E-state index contributed by atoms with van der Waals surface area (Å²) in [4.78, 5) is 0. The van der Waals surface area contributed by atoms with Crippen molar-refractivity contribution in [3.63, 3.8) is 0 Å². The van der Waals surface area contributed by atoms with Gasteiger partial charge in [0.05, 0.1) is 0 Å². The van der Waals surface area contributed by atoms with Gasteiger partial charge in [-0.25, -0.2) is 0 Å². The molecule has 1 aromatic rings. The topological polar surface area (TPSA) is 0 Å². The van der Waals surface area contributed by atoms with E-state index in [0.717, 1.165) is 5.33 Å². The zero-order valence-electron chi connectivity index (χ0n) is 8.72. The van der Waals surface area contributed by atoms with Crippen molar-refractivity contribution in [2.45, 2.75) is 38.5 Å². The van der Waals surface area contributed by atoms with Crippen molar-refractivity contribution in [2.75, 3.05) is 5.33 Å². The third-order valence-corrected chi connectivity index (χ3v) is 3.69. The molecule has 0 aliphatic heterocycles. The van der Waals surface area contributed by atoms with Crippen LogP contribution >= 0.6 is 15.9 Å². The first-order chi connectivity index (χ1) is 6.81. The average molecular weight is 253 g/mol. The lowest BCUT2D eigenvalue weighted by atomic mass is 9.95. The Bertz CT molecular complexity index is 317. The SMILES string of the molecule is CC(CCBr)c1ccc2c(c1)CCC2. The molecule has 1 aliphatic carbocycles. The van der Waals surface area contributed by atoms with Crippen molar-refractivity contribution in [1.82, 2.24) is 0 Å². The zero-order chi connectivity index (χ0) is 9.97. The van der Waals surface area contributed by atoms with Gasteiger partial charge in [-0.05, 0) is 48.3 Å². The molecule has 1 aromatic carbocycles. The molecule has 76 valence electrons. The Morgan fingerprint density at radius 2 is 2.07 bits per heavy atom. The van der Waals surface area contributed by atoms with E-state index in [9.17, 15) is 0 Å². The summed E-state index contributed by atoms with van der Waals surface area (Å²) >= 11 is 3.51. The van der Waals surface area contributed by atoms with Crippen LogP contribution < -0.4 is 0 Å². The zero-order valence-corrected chi connectivity index (χ0v) is 10.3. The molecular weight excluding hydrogens is 236 g/mol. The van der Waals surface area contributed by atoms with E-state index in [2.05, 4.69) is 41.1 Å². The predicted octanol–water partition coefficient (Wildman–Crippen LogP) is 4.06. The van der Waals surface area contributed by atoms with E-state index >= 15 is 0 Å². The minimum atomic E-state index is 0.695. The molecule has 1 atom stereocenters. The van der Waals surface area contributed by atoms with Crippen molar-refractivity contribution in [2.24, 2.45) is 0 Å². The van der Waals surface area contributed by atoms with Gasteiger partial charge < -0.3 is 0 Å². The third-order valence-electron chi connectivity index (χ3n) is 3.23. The second-order valence-corrected chi connectivity index (χ2v) is 5.05. The number of aryl methyl sites for hydroxylation is 2. The molecular formula is C13H17Br. The normalized spacial score (nSPS) is 16.7. The van der Waals surface area contributed by atoms with Crippen LogP contribution in [0.1, 0.15) is 42.4 Å². The lowest BCUT2D eigenvalue weighted by Crippen LogP contribution is -1.95. The van der Waals surface area contributed by atoms with Crippen LogP contribution in [0.2, 0.25) is 0 Å². The first-order valence-electron chi connectivity index (χ1n) is 5.49. The lowest BCUT2D eigenvalue weighted by molar-refractivity contribution is 0.742. The van der Waals surface area contributed by atoms with Gasteiger partial charge in [0.15, 0.2) is 0 Å². The molecule has 1 unspecified atom stereocenters. The minimum absolute atomic E-state index is 0.695. The van der Waals surface area contributed by atoms with Crippen LogP contribution in [-0.4, -0.2) is 5.33 Å². The molecule has 0 N–H and O–H groups in total. The number of hydrogen-bond donors (Lipinski definition) is 0. The molecule has 0 saturated heterocycles. The van der Waals surface area contributed by atoms with Crippen LogP contribution in [0, 0.1) is 0 Å². The Labute approximate surface area is 94.8 Å². The molecule has 0 nitrogen and oxygen atoms in total. The van der Waals surface area contributed by atoms with Gasteiger partial charge in [-0.15, -0.1) is 0 Å². The summed E-state index contributed by atoms with van der Waals surface area (Å²) < 4.78 is 0. The molecule has 0 radical (unpaired) electrons. The third kappa shape index (κ3) is 2.03.